The third-order valence-corrected chi connectivity index (χ3v) is 2.79. The SMILES string of the molecule is CC(C)NCc1cnc(Oc2ccc(F)c(Cl)c2)nc1. The van der Waals surface area contributed by atoms with Crippen LogP contribution in [0.1, 0.15) is 19.4 Å². The molecule has 1 aromatic heterocycles. The van der Waals surface area contributed by atoms with Gasteiger partial charge in [0.2, 0.25) is 0 Å². The van der Waals surface area contributed by atoms with E-state index in [2.05, 4.69) is 29.1 Å². The second kappa shape index (κ2) is 6.63. The number of nitrogens with zero attached hydrogens (tertiary/aromatic N) is 2. The van der Waals surface area contributed by atoms with Crippen LogP contribution < -0.4 is 10.1 Å². The molecule has 0 saturated heterocycles. The molecule has 0 fully saturated rings. The van der Waals surface area contributed by atoms with Gasteiger partial charge < -0.3 is 10.1 Å². The highest BCUT2D eigenvalue weighted by atomic mass is 35.5. The van der Waals surface area contributed by atoms with Crippen molar-refractivity contribution in [3.63, 3.8) is 0 Å². The molecule has 20 heavy (non-hydrogen) atoms. The molecule has 1 N–H and O–H groups in total. The van der Waals surface area contributed by atoms with E-state index in [9.17, 15) is 4.39 Å². The molecule has 0 saturated carbocycles. The van der Waals surface area contributed by atoms with Crippen LogP contribution in [0.5, 0.6) is 11.8 Å². The summed E-state index contributed by atoms with van der Waals surface area (Å²) in [4.78, 5) is 8.19. The fourth-order valence-electron chi connectivity index (χ4n) is 1.45. The van der Waals surface area contributed by atoms with Gasteiger partial charge in [0.05, 0.1) is 5.02 Å². The number of aromatic nitrogens is 2. The summed E-state index contributed by atoms with van der Waals surface area (Å²) in [7, 11) is 0. The summed E-state index contributed by atoms with van der Waals surface area (Å²) in [5.74, 6) is -0.0977. The smallest absolute Gasteiger partial charge is 0.321 e. The minimum absolute atomic E-state index is 0.000235. The molecule has 1 aromatic carbocycles. The summed E-state index contributed by atoms with van der Waals surface area (Å²) in [6.07, 6.45) is 3.37. The Bertz CT molecular complexity index is 575. The van der Waals surface area contributed by atoms with Gasteiger partial charge in [-0.3, -0.25) is 0 Å². The Hall–Kier alpha value is -1.72. The van der Waals surface area contributed by atoms with Crippen LogP contribution in [-0.2, 0) is 6.54 Å². The van der Waals surface area contributed by atoms with Gasteiger partial charge in [-0.15, -0.1) is 0 Å². The monoisotopic (exact) mass is 295 g/mol. The molecule has 1 heterocycles. The maximum Gasteiger partial charge on any atom is 0.321 e. The number of benzene rings is 1. The molecule has 0 aliphatic carbocycles. The molecule has 0 radical (unpaired) electrons. The van der Waals surface area contributed by atoms with E-state index in [1.54, 1.807) is 12.4 Å². The highest BCUT2D eigenvalue weighted by molar-refractivity contribution is 6.30. The van der Waals surface area contributed by atoms with Crippen LogP contribution in [0.4, 0.5) is 4.39 Å². The van der Waals surface area contributed by atoms with Crippen molar-refractivity contribution < 1.29 is 9.13 Å². The van der Waals surface area contributed by atoms with Crippen molar-refractivity contribution in [1.29, 1.82) is 0 Å². The average Bonchev–Trinajstić information content (AvgIpc) is 2.42. The van der Waals surface area contributed by atoms with Gasteiger partial charge in [0.25, 0.3) is 0 Å². The van der Waals surface area contributed by atoms with Crippen molar-refractivity contribution in [2.75, 3.05) is 0 Å². The van der Waals surface area contributed by atoms with E-state index in [0.29, 0.717) is 18.3 Å². The first-order valence-corrected chi connectivity index (χ1v) is 6.59. The van der Waals surface area contributed by atoms with E-state index in [1.165, 1.54) is 18.2 Å². The topological polar surface area (TPSA) is 47.0 Å². The average molecular weight is 296 g/mol. The number of rotatable bonds is 5. The number of hydrogen-bond donors (Lipinski definition) is 1. The van der Waals surface area contributed by atoms with Crippen molar-refractivity contribution in [2.24, 2.45) is 0 Å². The number of halogens is 2. The van der Waals surface area contributed by atoms with Gasteiger partial charge in [-0.05, 0) is 12.1 Å². The third kappa shape index (κ3) is 4.15. The van der Waals surface area contributed by atoms with Crippen LogP contribution in [0.3, 0.4) is 0 Å². The van der Waals surface area contributed by atoms with E-state index in [0.717, 1.165) is 5.56 Å². The van der Waals surface area contributed by atoms with Crippen LogP contribution >= 0.6 is 11.6 Å². The van der Waals surface area contributed by atoms with Crippen LogP contribution in [0, 0.1) is 5.82 Å². The van der Waals surface area contributed by atoms with Gasteiger partial charge in [-0.2, -0.15) is 0 Å². The van der Waals surface area contributed by atoms with Crippen LogP contribution in [0.25, 0.3) is 0 Å². The maximum absolute atomic E-state index is 13.0. The minimum atomic E-state index is -0.491. The molecule has 0 unspecified atom stereocenters. The summed E-state index contributed by atoms with van der Waals surface area (Å²) in [5, 5.41) is 3.26. The summed E-state index contributed by atoms with van der Waals surface area (Å²) in [5.41, 5.74) is 0.961. The first-order chi connectivity index (χ1) is 9.54. The molecule has 2 aromatic rings. The lowest BCUT2D eigenvalue weighted by atomic mass is 10.3. The molecular weight excluding hydrogens is 281 g/mol. The standard InChI is InChI=1S/C14H15ClFN3O/c1-9(2)17-6-10-7-18-14(19-8-10)20-11-3-4-13(16)12(15)5-11/h3-5,7-9,17H,6H2,1-2H3. The Morgan fingerprint density at radius 3 is 2.60 bits per heavy atom. The van der Waals surface area contributed by atoms with Gasteiger partial charge >= 0.3 is 6.01 Å². The van der Waals surface area contributed by atoms with Gasteiger partial charge in [-0.1, -0.05) is 25.4 Å². The molecule has 0 spiro atoms. The second-order valence-electron chi connectivity index (χ2n) is 4.59. The molecule has 0 aliphatic heterocycles. The first-order valence-electron chi connectivity index (χ1n) is 6.22. The molecule has 106 valence electrons. The number of nitrogens with one attached hydrogen (secondary N) is 1. The fourth-order valence-corrected chi connectivity index (χ4v) is 1.63. The lowest BCUT2D eigenvalue weighted by Gasteiger charge is -2.08. The molecule has 0 atom stereocenters. The highest BCUT2D eigenvalue weighted by Gasteiger charge is 2.05. The van der Waals surface area contributed by atoms with E-state index in [4.69, 9.17) is 16.3 Å². The van der Waals surface area contributed by atoms with E-state index in [-0.39, 0.29) is 11.0 Å². The lowest BCUT2D eigenvalue weighted by molar-refractivity contribution is 0.439. The van der Waals surface area contributed by atoms with Crippen LogP contribution in [-0.4, -0.2) is 16.0 Å². The Morgan fingerprint density at radius 1 is 1.30 bits per heavy atom. The molecule has 6 heteroatoms. The van der Waals surface area contributed by atoms with Gasteiger partial charge in [0, 0.05) is 36.6 Å². The zero-order valence-electron chi connectivity index (χ0n) is 11.2. The Labute approximate surface area is 122 Å². The van der Waals surface area contributed by atoms with Crippen molar-refractivity contribution in [1.82, 2.24) is 15.3 Å². The van der Waals surface area contributed by atoms with Crippen molar-refractivity contribution >= 4 is 11.6 Å². The Morgan fingerprint density at radius 2 is 2.00 bits per heavy atom. The summed E-state index contributed by atoms with van der Waals surface area (Å²) >= 11 is 5.67. The first kappa shape index (κ1) is 14.7. The molecular formula is C14H15ClFN3O. The zero-order chi connectivity index (χ0) is 14.5. The predicted molar refractivity (Wildman–Crippen MR) is 75.5 cm³/mol. The van der Waals surface area contributed by atoms with Gasteiger partial charge in [0.15, 0.2) is 0 Å². The second-order valence-corrected chi connectivity index (χ2v) is 4.99. The minimum Gasteiger partial charge on any atom is -0.424 e. The molecule has 4 nitrogen and oxygen atoms in total. The van der Waals surface area contributed by atoms with Crippen LogP contribution in [0.2, 0.25) is 5.02 Å². The highest BCUT2D eigenvalue weighted by Crippen LogP contribution is 2.23. The third-order valence-electron chi connectivity index (χ3n) is 2.50. The van der Waals surface area contributed by atoms with Crippen molar-refractivity contribution in [2.45, 2.75) is 26.4 Å². The number of hydrogen-bond acceptors (Lipinski definition) is 4. The molecule has 0 aliphatic rings. The lowest BCUT2D eigenvalue weighted by Crippen LogP contribution is -2.21. The van der Waals surface area contributed by atoms with E-state index < -0.39 is 5.82 Å². The zero-order valence-corrected chi connectivity index (χ0v) is 12.0. The van der Waals surface area contributed by atoms with E-state index >= 15 is 0 Å². The summed E-state index contributed by atoms with van der Waals surface area (Å²) in [6.45, 7) is 4.83. The van der Waals surface area contributed by atoms with Gasteiger partial charge in [0.1, 0.15) is 11.6 Å². The summed E-state index contributed by atoms with van der Waals surface area (Å²) < 4.78 is 18.4. The maximum atomic E-state index is 13.0. The van der Waals surface area contributed by atoms with Gasteiger partial charge in [-0.25, -0.2) is 14.4 Å². The molecule has 0 bridgehead atoms. The fraction of sp³-hybridized carbons (Fsp3) is 0.286. The largest absolute Gasteiger partial charge is 0.424 e. The number of ether oxygens (including phenoxy) is 1. The Balaban J connectivity index is 2.01. The Kier molecular flexibility index (Phi) is 4.87. The van der Waals surface area contributed by atoms with Crippen LogP contribution in [0.15, 0.2) is 30.6 Å². The molecule has 2 rings (SSSR count). The normalized spacial score (nSPS) is 10.8. The van der Waals surface area contributed by atoms with E-state index in [1.807, 2.05) is 0 Å². The quantitative estimate of drug-likeness (QED) is 0.916. The summed E-state index contributed by atoms with van der Waals surface area (Å²) in [6, 6.07) is 4.68. The van der Waals surface area contributed by atoms with Crippen molar-refractivity contribution in [3.05, 3.63) is 47.0 Å². The predicted octanol–water partition coefficient (Wildman–Crippen LogP) is 3.56. The molecule has 0 amide bonds. The van der Waals surface area contributed by atoms with Crippen molar-refractivity contribution in [3.8, 4) is 11.8 Å².